The Balaban J connectivity index is 1.93. The average Bonchev–Trinajstić information content (AvgIpc) is 2.77. The van der Waals surface area contributed by atoms with Gasteiger partial charge in [0.1, 0.15) is 0 Å². The molecule has 2 heterocycles. The minimum absolute atomic E-state index is 0.0134. The van der Waals surface area contributed by atoms with Crippen molar-refractivity contribution in [3.05, 3.63) is 23.9 Å². The second-order valence-electron chi connectivity index (χ2n) is 5.03. The second kappa shape index (κ2) is 7.18. The van der Waals surface area contributed by atoms with Gasteiger partial charge in [0.15, 0.2) is 11.9 Å². The molecule has 1 aliphatic heterocycles. The number of nitrogens with zero attached hydrogens (tertiary/aromatic N) is 2. The third kappa shape index (κ3) is 4.35. The highest BCUT2D eigenvalue weighted by Gasteiger charge is 2.41. The van der Waals surface area contributed by atoms with E-state index in [9.17, 15) is 22.0 Å². The Morgan fingerprint density at radius 1 is 1.52 bits per heavy atom. The zero-order valence-corrected chi connectivity index (χ0v) is 13.2. The third-order valence-electron chi connectivity index (χ3n) is 3.37. The number of hydrogen-bond donors (Lipinski definition) is 1. The molecule has 10 heteroatoms. The molecule has 0 saturated carbocycles. The maximum atomic E-state index is 12.1. The monoisotopic (exact) mass is 349 g/mol. The van der Waals surface area contributed by atoms with Gasteiger partial charge in [-0.15, -0.1) is 0 Å². The highest BCUT2D eigenvalue weighted by Crippen LogP contribution is 2.20. The molecule has 0 radical (unpaired) electrons. The van der Waals surface area contributed by atoms with E-state index in [0.29, 0.717) is 12.2 Å². The van der Waals surface area contributed by atoms with Crippen LogP contribution in [0.1, 0.15) is 12.1 Å². The average molecular weight is 349 g/mol. The molecule has 1 N–H and O–H groups in total. The van der Waals surface area contributed by atoms with Gasteiger partial charge in [-0.25, -0.2) is 26.5 Å². The molecule has 1 amide bonds. The molecule has 1 saturated heterocycles. The lowest BCUT2D eigenvalue weighted by Crippen LogP contribution is -2.39. The van der Waals surface area contributed by atoms with E-state index in [1.165, 1.54) is 13.1 Å². The van der Waals surface area contributed by atoms with Crippen molar-refractivity contribution < 1.29 is 26.7 Å². The number of sulfonamides is 1. The Morgan fingerprint density at radius 2 is 2.26 bits per heavy atom. The topological polar surface area (TPSA) is 88.6 Å². The Labute approximate surface area is 132 Å². The molecule has 23 heavy (non-hydrogen) atoms. The van der Waals surface area contributed by atoms with Gasteiger partial charge < -0.3 is 10.1 Å². The van der Waals surface area contributed by atoms with Gasteiger partial charge >= 0.3 is 0 Å². The summed E-state index contributed by atoms with van der Waals surface area (Å²) in [5, 5.41) is 1.39. The van der Waals surface area contributed by atoms with Crippen molar-refractivity contribution in [3.8, 4) is 5.88 Å². The van der Waals surface area contributed by atoms with Crippen LogP contribution in [-0.4, -0.2) is 55.5 Å². The first-order valence-corrected chi connectivity index (χ1v) is 8.41. The lowest BCUT2D eigenvalue weighted by atomic mass is 10.2. The van der Waals surface area contributed by atoms with Gasteiger partial charge in [0.05, 0.1) is 12.2 Å². The standard InChI is InChI=1S/C13H17F2N3O4S/c1-18-6-5-10(23(18,20)21)13(19)16-7-9-3-2-4-12(17-9)22-8-11(14)15/h2-4,10-11H,5-8H2,1H3,(H,16,19)/t10-/m0/s1. The summed E-state index contributed by atoms with van der Waals surface area (Å²) >= 11 is 0. The summed E-state index contributed by atoms with van der Waals surface area (Å²) in [5.74, 6) is -0.583. The van der Waals surface area contributed by atoms with Crippen molar-refractivity contribution in [2.75, 3.05) is 20.2 Å². The molecule has 1 atom stereocenters. The Morgan fingerprint density at radius 3 is 2.87 bits per heavy atom. The number of carbonyl (C=O) groups excluding carboxylic acids is 1. The molecule has 0 bridgehead atoms. The van der Waals surface area contributed by atoms with Crippen molar-refractivity contribution in [2.24, 2.45) is 0 Å². The van der Waals surface area contributed by atoms with Crippen LogP contribution in [0.15, 0.2) is 18.2 Å². The summed E-state index contributed by atoms with van der Waals surface area (Å²) < 4.78 is 53.9. The number of amides is 1. The summed E-state index contributed by atoms with van der Waals surface area (Å²) in [5.41, 5.74) is 0.383. The molecular weight excluding hydrogens is 332 g/mol. The fourth-order valence-corrected chi connectivity index (χ4v) is 3.69. The minimum Gasteiger partial charge on any atom is -0.472 e. The third-order valence-corrected chi connectivity index (χ3v) is 5.60. The quantitative estimate of drug-likeness (QED) is 0.802. The van der Waals surface area contributed by atoms with Crippen LogP contribution in [0.5, 0.6) is 5.88 Å². The zero-order chi connectivity index (χ0) is 17.0. The maximum absolute atomic E-state index is 12.1. The molecule has 2 rings (SSSR count). The summed E-state index contributed by atoms with van der Waals surface area (Å²) in [4.78, 5) is 16.0. The second-order valence-corrected chi connectivity index (χ2v) is 7.25. The summed E-state index contributed by atoms with van der Waals surface area (Å²) in [6, 6.07) is 4.55. The van der Waals surface area contributed by atoms with Crippen LogP contribution >= 0.6 is 0 Å². The molecule has 1 fully saturated rings. The Bertz CT molecular complexity index is 669. The summed E-state index contributed by atoms with van der Waals surface area (Å²) in [6.07, 6.45) is -2.37. The number of carbonyl (C=O) groups is 1. The van der Waals surface area contributed by atoms with Gasteiger partial charge in [-0.1, -0.05) is 6.07 Å². The van der Waals surface area contributed by atoms with E-state index in [0.717, 1.165) is 4.31 Å². The first kappa shape index (κ1) is 17.5. The predicted octanol–water partition coefficient (Wildman–Crippen LogP) is 0.376. The SMILES string of the molecule is CN1CC[C@@H](C(=O)NCc2cccc(OCC(F)F)n2)S1(=O)=O. The molecule has 7 nitrogen and oxygen atoms in total. The van der Waals surface area contributed by atoms with Crippen LogP contribution in [0.2, 0.25) is 0 Å². The highest BCUT2D eigenvalue weighted by molar-refractivity contribution is 7.90. The predicted molar refractivity (Wildman–Crippen MR) is 77.5 cm³/mol. The number of pyridine rings is 1. The van der Waals surface area contributed by atoms with E-state index in [2.05, 4.69) is 10.3 Å². The van der Waals surface area contributed by atoms with E-state index in [1.54, 1.807) is 12.1 Å². The van der Waals surface area contributed by atoms with Crippen molar-refractivity contribution >= 4 is 15.9 Å². The van der Waals surface area contributed by atoms with E-state index in [-0.39, 0.29) is 18.8 Å². The van der Waals surface area contributed by atoms with Crippen LogP contribution in [0, 0.1) is 0 Å². The van der Waals surface area contributed by atoms with Gasteiger partial charge in [0.2, 0.25) is 21.8 Å². The zero-order valence-electron chi connectivity index (χ0n) is 12.4. The van der Waals surface area contributed by atoms with Crippen molar-refractivity contribution in [3.63, 3.8) is 0 Å². The van der Waals surface area contributed by atoms with E-state index >= 15 is 0 Å². The molecule has 1 aromatic heterocycles. The lowest BCUT2D eigenvalue weighted by Gasteiger charge is -2.12. The number of rotatable bonds is 6. The maximum Gasteiger partial charge on any atom is 0.272 e. The fraction of sp³-hybridized carbons (Fsp3) is 0.538. The van der Waals surface area contributed by atoms with Crippen molar-refractivity contribution in [1.29, 1.82) is 0 Å². The number of ether oxygens (including phenoxy) is 1. The van der Waals surface area contributed by atoms with Gasteiger partial charge in [0.25, 0.3) is 6.43 Å². The fourth-order valence-electron chi connectivity index (χ4n) is 2.14. The van der Waals surface area contributed by atoms with E-state index < -0.39 is 34.2 Å². The summed E-state index contributed by atoms with van der Waals surface area (Å²) in [6.45, 7) is -0.481. The first-order chi connectivity index (χ1) is 10.8. The van der Waals surface area contributed by atoms with Crippen LogP contribution in [0.25, 0.3) is 0 Å². The van der Waals surface area contributed by atoms with E-state index in [1.807, 2.05) is 0 Å². The Kier molecular flexibility index (Phi) is 5.47. The van der Waals surface area contributed by atoms with Crippen molar-refractivity contribution in [2.45, 2.75) is 24.6 Å². The van der Waals surface area contributed by atoms with E-state index in [4.69, 9.17) is 4.74 Å². The number of nitrogens with one attached hydrogen (secondary N) is 1. The van der Waals surface area contributed by atoms with Gasteiger partial charge in [-0.3, -0.25) is 4.79 Å². The highest BCUT2D eigenvalue weighted by atomic mass is 32.2. The summed E-state index contributed by atoms with van der Waals surface area (Å²) in [7, 11) is -2.18. The largest absolute Gasteiger partial charge is 0.472 e. The molecular formula is C13H17F2N3O4S. The molecule has 0 unspecified atom stereocenters. The van der Waals surface area contributed by atoms with Gasteiger partial charge in [0, 0.05) is 19.7 Å². The molecule has 1 aliphatic rings. The van der Waals surface area contributed by atoms with Crippen LogP contribution < -0.4 is 10.1 Å². The normalized spacial score (nSPS) is 20.6. The number of alkyl halides is 2. The molecule has 0 spiro atoms. The smallest absolute Gasteiger partial charge is 0.272 e. The number of halogens is 2. The first-order valence-electron chi connectivity index (χ1n) is 6.90. The van der Waals surface area contributed by atoms with Gasteiger partial charge in [-0.05, 0) is 12.5 Å². The van der Waals surface area contributed by atoms with Crippen LogP contribution in [-0.2, 0) is 21.4 Å². The Hall–Kier alpha value is -1.81. The van der Waals surface area contributed by atoms with Crippen LogP contribution in [0.3, 0.4) is 0 Å². The van der Waals surface area contributed by atoms with Crippen LogP contribution in [0.4, 0.5) is 8.78 Å². The molecule has 1 aromatic rings. The van der Waals surface area contributed by atoms with Crippen molar-refractivity contribution in [1.82, 2.24) is 14.6 Å². The molecule has 0 aromatic carbocycles. The lowest BCUT2D eigenvalue weighted by molar-refractivity contribution is -0.120. The van der Waals surface area contributed by atoms with Gasteiger partial charge in [-0.2, -0.15) is 0 Å². The molecule has 128 valence electrons. The minimum atomic E-state index is -3.60. The number of hydrogen-bond acceptors (Lipinski definition) is 5. The molecule has 0 aliphatic carbocycles. The number of aromatic nitrogens is 1.